The lowest BCUT2D eigenvalue weighted by Gasteiger charge is -2.48. The van der Waals surface area contributed by atoms with Crippen LogP contribution in [-0.4, -0.2) is 11.4 Å². The molecule has 0 radical (unpaired) electrons. The van der Waals surface area contributed by atoms with Crippen LogP contribution in [-0.2, 0) is 12.1 Å². The first-order valence-electron chi connectivity index (χ1n) is 10.4. The fourth-order valence-corrected chi connectivity index (χ4v) is 5.77. The highest BCUT2D eigenvalue weighted by Gasteiger charge is 2.45. The van der Waals surface area contributed by atoms with Gasteiger partial charge in [0, 0.05) is 22.9 Å². The minimum Gasteiger partial charge on any atom is -0.280 e. The zero-order chi connectivity index (χ0) is 21.1. The van der Waals surface area contributed by atoms with Crippen molar-refractivity contribution in [1.82, 2.24) is 4.90 Å². The van der Waals surface area contributed by atoms with Gasteiger partial charge in [0.05, 0.1) is 11.6 Å². The van der Waals surface area contributed by atoms with E-state index in [9.17, 15) is 5.53 Å². The quantitative estimate of drug-likeness (QED) is 0.149. The topological polar surface area (TPSA) is 52.0 Å². The molecule has 0 saturated carbocycles. The zero-order valence-electron chi connectivity index (χ0n) is 17.0. The third-order valence-corrected chi connectivity index (χ3v) is 7.03. The van der Waals surface area contributed by atoms with Crippen molar-refractivity contribution in [3.8, 4) is 0 Å². The Hall–Kier alpha value is -3.37. The molecule has 2 heterocycles. The lowest BCUT2D eigenvalue weighted by molar-refractivity contribution is 0.128. The summed E-state index contributed by atoms with van der Waals surface area (Å²) in [5.41, 5.74) is 13.5. The molecule has 4 nitrogen and oxygen atoms in total. The molecule has 0 aliphatic carbocycles. The first kappa shape index (κ1) is 19.6. The molecule has 4 aromatic rings. The van der Waals surface area contributed by atoms with Crippen molar-refractivity contribution in [2.45, 2.75) is 18.1 Å². The standard InChI is InChI=1S/C26H22N4S/c27-29-28-24-18-30(19-25-23(24)16-17-31-25)26(20-10-4-1-5-11-20,21-12-6-2-7-13-21)22-14-8-3-9-15-22/h1-17,24H,18-19H2. The van der Waals surface area contributed by atoms with Crippen molar-refractivity contribution < 1.29 is 0 Å². The van der Waals surface area contributed by atoms with Crippen molar-refractivity contribution in [2.24, 2.45) is 5.11 Å². The van der Waals surface area contributed by atoms with E-state index >= 15 is 0 Å². The Kier molecular flexibility index (Phi) is 5.31. The summed E-state index contributed by atoms with van der Waals surface area (Å²) in [6.45, 7) is 1.44. The highest BCUT2D eigenvalue weighted by molar-refractivity contribution is 7.10. The van der Waals surface area contributed by atoms with Gasteiger partial charge in [0.2, 0.25) is 0 Å². The van der Waals surface area contributed by atoms with Crippen LogP contribution in [0, 0.1) is 0 Å². The minimum absolute atomic E-state index is 0.212. The molecule has 0 amide bonds. The highest BCUT2D eigenvalue weighted by atomic mass is 32.1. The molecule has 3 aromatic carbocycles. The van der Waals surface area contributed by atoms with E-state index in [1.165, 1.54) is 21.6 Å². The van der Waals surface area contributed by atoms with Crippen molar-refractivity contribution in [1.29, 1.82) is 0 Å². The fraction of sp³-hybridized carbons (Fsp3) is 0.154. The van der Waals surface area contributed by atoms with E-state index in [0.29, 0.717) is 6.54 Å². The van der Waals surface area contributed by atoms with E-state index in [1.54, 1.807) is 11.3 Å². The van der Waals surface area contributed by atoms with Crippen LogP contribution in [0.5, 0.6) is 0 Å². The minimum atomic E-state index is -0.505. The van der Waals surface area contributed by atoms with Gasteiger partial charge in [-0.15, -0.1) is 11.3 Å². The van der Waals surface area contributed by atoms with Gasteiger partial charge in [-0.2, -0.15) is 0 Å². The van der Waals surface area contributed by atoms with Gasteiger partial charge >= 0.3 is 0 Å². The smallest absolute Gasteiger partial charge is 0.0976 e. The van der Waals surface area contributed by atoms with Crippen LogP contribution in [0.3, 0.4) is 0 Å². The Morgan fingerprint density at radius 2 is 1.32 bits per heavy atom. The van der Waals surface area contributed by atoms with Gasteiger partial charge in [-0.1, -0.05) is 96.1 Å². The van der Waals surface area contributed by atoms with Gasteiger partial charge in [0.15, 0.2) is 0 Å². The Labute approximate surface area is 186 Å². The molecule has 0 N–H and O–H groups in total. The third-order valence-electron chi connectivity index (χ3n) is 6.11. The summed E-state index contributed by atoms with van der Waals surface area (Å²) < 4.78 is 0. The SMILES string of the molecule is [N-]=[N+]=NC1CN(C(c2ccccc2)(c2ccccc2)c2ccccc2)Cc2sccc21. The molecule has 0 spiro atoms. The predicted molar refractivity (Wildman–Crippen MR) is 126 cm³/mol. The van der Waals surface area contributed by atoms with Gasteiger partial charge in [0.1, 0.15) is 0 Å². The van der Waals surface area contributed by atoms with Crippen molar-refractivity contribution >= 4 is 11.3 Å². The third kappa shape index (κ3) is 3.33. The Morgan fingerprint density at radius 1 is 0.806 bits per heavy atom. The highest BCUT2D eigenvalue weighted by Crippen LogP contribution is 2.47. The van der Waals surface area contributed by atoms with E-state index in [0.717, 1.165) is 12.1 Å². The molecule has 1 atom stereocenters. The van der Waals surface area contributed by atoms with Crippen LogP contribution in [0.1, 0.15) is 33.2 Å². The van der Waals surface area contributed by atoms with Crippen LogP contribution < -0.4 is 0 Å². The van der Waals surface area contributed by atoms with E-state index in [4.69, 9.17) is 0 Å². The molecular weight excluding hydrogens is 400 g/mol. The Bertz CT molecular complexity index is 1100. The first-order chi connectivity index (χ1) is 15.3. The van der Waals surface area contributed by atoms with Gasteiger partial charge < -0.3 is 0 Å². The number of azide groups is 1. The maximum atomic E-state index is 9.26. The molecule has 1 unspecified atom stereocenters. The normalized spacial score (nSPS) is 16.3. The Morgan fingerprint density at radius 3 is 1.81 bits per heavy atom. The molecule has 1 aliphatic rings. The van der Waals surface area contributed by atoms with Crippen molar-refractivity contribution in [3.05, 3.63) is 140 Å². The van der Waals surface area contributed by atoms with E-state index in [2.05, 4.69) is 117 Å². The van der Waals surface area contributed by atoms with Crippen LogP contribution in [0.4, 0.5) is 0 Å². The molecule has 1 aliphatic heterocycles. The largest absolute Gasteiger partial charge is 0.280 e. The second kappa shape index (κ2) is 8.40. The second-order valence-corrected chi connectivity index (χ2v) is 8.71. The van der Waals surface area contributed by atoms with Crippen molar-refractivity contribution in [2.75, 3.05) is 6.54 Å². The average Bonchev–Trinajstić information content (AvgIpc) is 3.31. The van der Waals surface area contributed by atoms with Gasteiger partial charge in [-0.25, -0.2) is 0 Å². The number of benzene rings is 3. The predicted octanol–water partition coefficient (Wildman–Crippen LogP) is 6.91. The second-order valence-electron chi connectivity index (χ2n) is 7.71. The fourth-order valence-electron chi connectivity index (χ4n) is 4.82. The first-order valence-corrected chi connectivity index (χ1v) is 11.2. The lowest BCUT2D eigenvalue weighted by atomic mass is 9.74. The number of nitrogens with zero attached hydrogens (tertiary/aromatic N) is 4. The maximum absolute atomic E-state index is 9.26. The molecule has 0 fully saturated rings. The van der Waals surface area contributed by atoms with E-state index in [1.807, 2.05) is 0 Å². The number of hydrogen-bond donors (Lipinski definition) is 0. The summed E-state index contributed by atoms with van der Waals surface area (Å²) in [7, 11) is 0. The van der Waals surface area contributed by atoms with Gasteiger partial charge in [-0.05, 0) is 39.2 Å². The molecule has 5 heteroatoms. The number of thiophene rings is 1. The summed E-state index contributed by atoms with van der Waals surface area (Å²) in [6.07, 6.45) is 0. The number of hydrogen-bond acceptors (Lipinski definition) is 3. The van der Waals surface area contributed by atoms with Gasteiger partial charge in [0.25, 0.3) is 0 Å². The molecule has 0 bridgehead atoms. The zero-order valence-corrected chi connectivity index (χ0v) is 17.8. The lowest BCUT2D eigenvalue weighted by Crippen LogP contribution is -2.50. The summed E-state index contributed by atoms with van der Waals surface area (Å²) in [4.78, 5) is 6.91. The molecule has 31 heavy (non-hydrogen) atoms. The monoisotopic (exact) mass is 422 g/mol. The van der Waals surface area contributed by atoms with Crippen LogP contribution >= 0.6 is 11.3 Å². The number of fused-ring (bicyclic) bond motifs is 1. The maximum Gasteiger partial charge on any atom is 0.0976 e. The number of rotatable bonds is 5. The molecular formula is C26H22N4S. The summed E-state index contributed by atoms with van der Waals surface area (Å²) >= 11 is 1.74. The molecule has 152 valence electrons. The van der Waals surface area contributed by atoms with Crippen LogP contribution in [0.15, 0.2) is 108 Å². The summed E-state index contributed by atoms with van der Waals surface area (Å²) in [6, 6.07) is 33.9. The summed E-state index contributed by atoms with van der Waals surface area (Å²) in [5.74, 6) is 0. The molecule has 5 rings (SSSR count). The molecule has 1 aromatic heterocycles. The van der Waals surface area contributed by atoms with E-state index in [-0.39, 0.29) is 6.04 Å². The van der Waals surface area contributed by atoms with Gasteiger partial charge in [-0.3, -0.25) is 4.90 Å². The summed E-state index contributed by atoms with van der Waals surface area (Å²) in [5, 5.41) is 6.29. The van der Waals surface area contributed by atoms with Crippen LogP contribution in [0.25, 0.3) is 10.4 Å². The Balaban J connectivity index is 1.80. The van der Waals surface area contributed by atoms with E-state index < -0.39 is 5.54 Å². The van der Waals surface area contributed by atoms with Crippen LogP contribution in [0.2, 0.25) is 0 Å². The average molecular weight is 423 g/mol. The van der Waals surface area contributed by atoms with Crippen molar-refractivity contribution in [3.63, 3.8) is 0 Å². The molecule has 0 saturated heterocycles.